The molecule has 0 nitrogen and oxygen atoms in total. The zero-order chi connectivity index (χ0) is 15.7. The van der Waals surface area contributed by atoms with Crippen molar-refractivity contribution in [3.63, 3.8) is 0 Å². The summed E-state index contributed by atoms with van der Waals surface area (Å²) in [5, 5.41) is 0. The molecule has 112 valence electrons. The van der Waals surface area contributed by atoms with Crippen molar-refractivity contribution < 1.29 is 17.6 Å². The van der Waals surface area contributed by atoms with Gasteiger partial charge in [0.2, 0.25) is 0 Å². The average Bonchev–Trinajstić information content (AvgIpc) is 2.42. The van der Waals surface area contributed by atoms with Crippen LogP contribution in [0.2, 0.25) is 0 Å². The lowest BCUT2D eigenvalue weighted by Crippen LogP contribution is -1.89. The summed E-state index contributed by atoms with van der Waals surface area (Å²) in [6.07, 6.45) is 1.84. The van der Waals surface area contributed by atoms with Gasteiger partial charge < -0.3 is 0 Å². The van der Waals surface area contributed by atoms with Crippen molar-refractivity contribution in [3.8, 4) is 0 Å². The molecule has 0 aromatic heterocycles. The Labute approximate surface area is 117 Å². The number of allylic oxidation sites excluding steroid dienone is 4. The zero-order valence-electron chi connectivity index (χ0n) is 12.2. The molecule has 0 N–H and O–H groups in total. The van der Waals surface area contributed by atoms with Crippen LogP contribution in [-0.4, -0.2) is 0 Å². The summed E-state index contributed by atoms with van der Waals surface area (Å²) in [5.74, 6) is -1.77. The van der Waals surface area contributed by atoms with E-state index in [0.29, 0.717) is 24.0 Å². The van der Waals surface area contributed by atoms with Gasteiger partial charge in [-0.05, 0) is 37.5 Å². The van der Waals surface area contributed by atoms with Crippen LogP contribution in [0.4, 0.5) is 17.6 Å². The van der Waals surface area contributed by atoms with Crippen LogP contribution in [0, 0.1) is 18.6 Å². The normalized spacial score (nSPS) is 13.7. The predicted octanol–water partition coefficient (Wildman–Crippen LogP) is 6.18. The van der Waals surface area contributed by atoms with E-state index < -0.39 is 17.5 Å². The maximum absolute atomic E-state index is 12.4. The van der Waals surface area contributed by atoms with E-state index in [4.69, 9.17) is 0 Å². The Balaban J connectivity index is 0.000000321. The predicted molar refractivity (Wildman–Crippen MR) is 74.7 cm³/mol. The van der Waals surface area contributed by atoms with Crippen molar-refractivity contribution >= 4 is 0 Å². The molecule has 2 rings (SSSR count). The van der Waals surface area contributed by atoms with Gasteiger partial charge in [-0.3, -0.25) is 0 Å². The molecule has 4 heteroatoms. The van der Waals surface area contributed by atoms with E-state index in [0.717, 1.165) is 12.1 Å². The molecule has 0 fully saturated rings. The molecule has 0 bridgehead atoms. The van der Waals surface area contributed by atoms with Gasteiger partial charge in [-0.15, -0.1) is 0 Å². The van der Waals surface area contributed by atoms with Gasteiger partial charge >= 0.3 is 0 Å². The van der Waals surface area contributed by atoms with Gasteiger partial charge in [0.1, 0.15) is 23.3 Å². The number of hydrogen-bond donors (Lipinski definition) is 0. The quantitative estimate of drug-likeness (QED) is 0.500. The Morgan fingerprint density at radius 2 is 1.50 bits per heavy atom. The van der Waals surface area contributed by atoms with Crippen LogP contribution < -0.4 is 0 Å². The topological polar surface area (TPSA) is 0 Å². The van der Waals surface area contributed by atoms with Crippen molar-refractivity contribution in [2.24, 2.45) is 0 Å². The summed E-state index contributed by atoms with van der Waals surface area (Å²) in [4.78, 5) is 0. The summed E-state index contributed by atoms with van der Waals surface area (Å²) >= 11 is 0. The number of aryl methyl sites for hydroxylation is 1. The highest BCUT2D eigenvalue weighted by Crippen LogP contribution is 2.24. The van der Waals surface area contributed by atoms with Gasteiger partial charge in [0.15, 0.2) is 0 Å². The molecule has 0 spiro atoms. The van der Waals surface area contributed by atoms with E-state index in [1.165, 1.54) is 12.1 Å². The first-order chi connectivity index (χ1) is 9.40. The Morgan fingerprint density at radius 1 is 0.900 bits per heavy atom. The SMILES string of the molecule is CC.CC1=C(F)C=C(F)CC1.Cc1ccc(F)cc1F. The van der Waals surface area contributed by atoms with Crippen molar-refractivity contribution in [2.45, 2.75) is 40.5 Å². The Bertz CT molecular complexity index is 487. The molecule has 20 heavy (non-hydrogen) atoms. The van der Waals surface area contributed by atoms with E-state index >= 15 is 0 Å². The van der Waals surface area contributed by atoms with Crippen LogP contribution in [0.1, 0.15) is 39.2 Å². The molecular weight excluding hydrogens is 268 g/mol. The smallest absolute Gasteiger partial charge is 0.129 e. The molecule has 0 radical (unpaired) electrons. The Kier molecular flexibility index (Phi) is 8.61. The van der Waals surface area contributed by atoms with Gasteiger partial charge in [-0.1, -0.05) is 19.9 Å². The first-order valence-corrected chi connectivity index (χ1v) is 6.53. The zero-order valence-corrected chi connectivity index (χ0v) is 12.2. The highest BCUT2D eigenvalue weighted by molar-refractivity contribution is 5.24. The van der Waals surface area contributed by atoms with Crippen molar-refractivity contribution in [2.75, 3.05) is 0 Å². The lowest BCUT2D eigenvalue weighted by atomic mass is 10.1. The third-order valence-corrected chi connectivity index (χ3v) is 2.56. The van der Waals surface area contributed by atoms with Gasteiger partial charge in [-0.2, -0.15) is 0 Å². The van der Waals surface area contributed by atoms with E-state index in [2.05, 4.69) is 0 Å². The third-order valence-electron chi connectivity index (χ3n) is 2.56. The Morgan fingerprint density at radius 3 is 1.90 bits per heavy atom. The number of halogens is 4. The second kappa shape index (κ2) is 9.34. The van der Waals surface area contributed by atoms with Gasteiger partial charge in [-0.25, -0.2) is 17.6 Å². The lowest BCUT2D eigenvalue weighted by molar-refractivity contribution is 0.547. The maximum atomic E-state index is 12.4. The molecule has 0 saturated heterocycles. The molecule has 1 aromatic carbocycles. The van der Waals surface area contributed by atoms with Crippen LogP contribution in [0.25, 0.3) is 0 Å². The van der Waals surface area contributed by atoms with Gasteiger partial charge in [0.05, 0.1) is 0 Å². The van der Waals surface area contributed by atoms with Gasteiger partial charge in [0.25, 0.3) is 0 Å². The summed E-state index contributed by atoms with van der Waals surface area (Å²) in [6.45, 7) is 7.27. The number of benzene rings is 1. The first-order valence-electron chi connectivity index (χ1n) is 6.53. The number of hydrogen-bond acceptors (Lipinski definition) is 0. The van der Waals surface area contributed by atoms with Crippen LogP contribution >= 0.6 is 0 Å². The largest absolute Gasteiger partial charge is 0.212 e. The van der Waals surface area contributed by atoms with E-state index in [-0.39, 0.29) is 5.83 Å². The van der Waals surface area contributed by atoms with E-state index in [1.807, 2.05) is 13.8 Å². The van der Waals surface area contributed by atoms with E-state index in [1.54, 1.807) is 13.8 Å². The molecule has 0 amide bonds. The maximum Gasteiger partial charge on any atom is 0.129 e. The van der Waals surface area contributed by atoms with Crippen molar-refractivity contribution in [1.29, 1.82) is 0 Å². The summed E-state index contributed by atoms with van der Waals surface area (Å²) in [7, 11) is 0. The molecule has 0 unspecified atom stereocenters. The molecule has 1 aliphatic carbocycles. The highest BCUT2D eigenvalue weighted by Gasteiger charge is 2.08. The minimum atomic E-state index is -0.530. The lowest BCUT2D eigenvalue weighted by Gasteiger charge is -2.05. The highest BCUT2D eigenvalue weighted by atomic mass is 19.1. The fourth-order valence-corrected chi connectivity index (χ4v) is 1.33. The van der Waals surface area contributed by atoms with Crippen molar-refractivity contribution in [1.82, 2.24) is 0 Å². The van der Waals surface area contributed by atoms with E-state index in [9.17, 15) is 17.6 Å². The van der Waals surface area contributed by atoms with Crippen LogP contribution in [0.3, 0.4) is 0 Å². The second-order valence-corrected chi connectivity index (χ2v) is 4.11. The number of rotatable bonds is 0. The molecule has 0 saturated carbocycles. The van der Waals surface area contributed by atoms with Crippen LogP contribution in [0.15, 0.2) is 41.5 Å². The fraction of sp³-hybridized carbons (Fsp3) is 0.375. The van der Waals surface area contributed by atoms with Crippen LogP contribution in [-0.2, 0) is 0 Å². The summed E-state index contributed by atoms with van der Waals surface area (Å²) < 4.78 is 49.0. The summed E-state index contributed by atoms with van der Waals surface area (Å²) in [6, 6.07) is 3.51. The third kappa shape index (κ3) is 6.55. The minimum absolute atomic E-state index is 0.349. The average molecular weight is 288 g/mol. The second-order valence-electron chi connectivity index (χ2n) is 4.11. The molecular formula is C16H20F4. The van der Waals surface area contributed by atoms with Gasteiger partial charge in [0, 0.05) is 18.6 Å². The molecule has 0 atom stereocenters. The van der Waals surface area contributed by atoms with Crippen molar-refractivity contribution in [3.05, 3.63) is 58.7 Å². The monoisotopic (exact) mass is 288 g/mol. The molecule has 0 heterocycles. The molecule has 1 aliphatic rings. The van der Waals surface area contributed by atoms with Crippen LogP contribution in [0.5, 0.6) is 0 Å². The Hall–Kier alpha value is -1.58. The molecule has 1 aromatic rings. The summed E-state index contributed by atoms with van der Waals surface area (Å²) in [5.41, 5.74) is 1.12. The first kappa shape index (κ1) is 18.4. The minimum Gasteiger partial charge on any atom is -0.212 e. The molecule has 0 aliphatic heterocycles. The standard InChI is InChI=1S/C7H8F2.C7H6F2.C2H6/c2*1-5-2-3-6(8)4-7(5)9;1-2/h4H,2-3H2,1H3;2-4H,1H3;1-2H3. The fourth-order valence-electron chi connectivity index (χ4n) is 1.33.